The fourth-order valence-corrected chi connectivity index (χ4v) is 2.14. The molecule has 0 heterocycles. The van der Waals surface area contributed by atoms with Gasteiger partial charge in [0, 0.05) is 12.5 Å². The second kappa shape index (κ2) is 7.50. The number of hydrogen-bond acceptors (Lipinski definition) is 3. The van der Waals surface area contributed by atoms with Gasteiger partial charge in [-0.05, 0) is 29.7 Å². The quantitative estimate of drug-likeness (QED) is 0.852. The van der Waals surface area contributed by atoms with Gasteiger partial charge >= 0.3 is 5.97 Å². The molecule has 22 heavy (non-hydrogen) atoms. The smallest absolute Gasteiger partial charge is 0.345 e. The highest BCUT2D eigenvalue weighted by Crippen LogP contribution is 2.21. The molecule has 0 aliphatic rings. The molecule has 0 spiro atoms. The van der Waals surface area contributed by atoms with Gasteiger partial charge < -0.3 is 14.6 Å². The van der Waals surface area contributed by atoms with E-state index in [2.05, 4.69) is 6.92 Å². The summed E-state index contributed by atoms with van der Waals surface area (Å²) < 4.78 is 10.7. The molecular weight excluding hydrogens is 280 g/mol. The first-order valence-corrected chi connectivity index (χ1v) is 7.23. The lowest BCUT2D eigenvalue weighted by Crippen LogP contribution is -2.29. The molecule has 0 aromatic heterocycles. The molecule has 2 aromatic carbocycles. The topological polar surface area (TPSA) is 55.8 Å². The molecule has 0 aliphatic carbocycles. The molecular formula is C18H20O4. The van der Waals surface area contributed by atoms with Gasteiger partial charge in [0.05, 0.1) is 7.11 Å². The Labute approximate surface area is 130 Å². The minimum Gasteiger partial charge on any atom is -0.497 e. The molecule has 0 saturated carbocycles. The Kier molecular flexibility index (Phi) is 5.42. The summed E-state index contributed by atoms with van der Waals surface area (Å²) in [7, 11) is 1.56. The minimum atomic E-state index is -0.984. The van der Waals surface area contributed by atoms with E-state index >= 15 is 0 Å². The number of carbonyl (C=O) groups is 1. The van der Waals surface area contributed by atoms with Crippen LogP contribution in [0.3, 0.4) is 0 Å². The van der Waals surface area contributed by atoms with Crippen LogP contribution in [0.5, 0.6) is 11.5 Å². The molecule has 0 fully saturated rings. The molecule has 2 rings (SSSR count). The van der Waals surface area contributed by atoms with Crippen molar-refractivity contribution < 1.29 is 19.4 Å². The number of carboxylic acids is 1. The van der Waals surface area contributed by atoms with Crippen molar-refractivity contribution in [3.05, 3.63) is 59.7 Å². The predicted molar refractivity (Wildman–Crippen MR) is 84.6 cm³/mol. The van der Waals surface area contributed by atoms with Crippen molar-refractivity contribution in [3.63, 3.8) is 0 Å². The van der Waals surface area contributed by atoms with Crippen molar-refractivity contribution in [1.82, 2.24) is 0 Å². The van der Waals surface area contributed by atoms with Gasteiger partial charge in [-0.15, -0.1) is 0 Å². The lowest BCUT2D eigenvalue weighted by atomic mass is 10.0. The Morgan fingerprint density at radius 3 is 2.32 bits per heavy atom. The molecule has 0 radical (unpaired) electrons. The van der Waals surface area contributed by atoms with E-state index in [1.54, 1.807) is 31.4 Å². The molecule has 0 amide bonds. The van der Waals surface area contributed by atoms with Gasteiger partial charge in [-0.3, -0.25) is 0 Å². The summed E-state index contributed by atoms with van der Waals surface area (Å²) in [6.07, 6.45) is 0.346. The number of aryl methyl sites for hydroxylation is 1. The van der Waals surface area contributed by atoms with Crippen LogP contribution in [0.15, 0.2) is 48.5 Å². The first-order valence-electron chi connectivity index (χ1n) is 7.23. The molecule has 0 unspecified atom stereocenters. The fraction of sp³-hybridized carbons (Fsp3) is 0.278. The highest BCUT2D eigenvalue weighted by molar-refractivity contribution is 5.73. The molecule has 0 aliphatic heterocycles. The van der Waals surface area contributed by atoms with Gasteiger partial charge in [-0.1, -0.05) is 37.3 Å². The monoisotopic (exact) mass is 300 g/mol. The van der Waals surface area contributed by atoms with Gasteiger partial charge in [-0.2, -0.15) is 0 Å². The van der Waals surface area contributed by atoms with E-state index in [4.69, 9.17) is 9.47 Å². The summed E-state index contributed by atoms with van der Waals surface area (Å²) in [5, 5.41) is 9.37. The molecule has 4 nitrogen and oxygen atoms in total. The Bertz CT molecular complexity index is 619. The number of aliphatic carboxylic acids is 1. The van der Waals surface area contributed by atoms with Crippen LogP contribution >= 0.6 is 0 Å². The first kappa shape index (κ1) is 15.9. The fourth-order valence-electron chi connectivity index (χ4n) is 2.14. The Balaban J connectivity index is 2.10. The van der Waals surface area contributed by atoms with Gasteiger partial charge in [0.2, 0.25) is 0 Å². The number of hydrogen-bond donors (Lipinski definition) is 1. The van der Waals surface area contributed by atoms with Crippen LogP contribution in [0, 0.1) is 0 Å². The Hall–Kier alpha value is -2.49. The third kappa shape index (κ3) is 4.25. The third-order valence-electron chi connectivity index (χ3n) is 3.45. The SMILES string of the molecule is CCc1ccc(C[C@H](Oc2cccc(OC)c2)C(=O)O)cc1. The number of benzene rings is 2. The van der Waals surface area contributed by atoms with Crippen LogP contribution in [0.1, 0.15) is 18.1 Å². The summed E-state index contributed by atoms with van der Waals surface area (Å²) in [6, 6.07) is 14.9. The summed E-state index contributed by atoms with van der Waals surface area (Å²) in [6.45, 7) is 2.08. The van der Waals surface area contributed by atoms with E-state index in [1.165, 1.54) is 5.56 Å². The second-order valence-corrected chi connectivity index (χ2v) is 5.00. The van der Waals surface area contributed by atoms with E-state index in [0.29, 0.717) is 17.9 Å². The van der Waals surface area contributed by atoms with Crippen molar-refractivity contribution in [1.29, 1.82) is 0 Å². The number of rotatable bonds is 7. The number of methoxy groups -OCH3 is 1. The van der Waals surface area contributed by atoms with E-state index < -0.39 is 12.1 Å². The zero-order chi connectivity index (χ0) is 15.9. The van der Waals surface area contributed by atoms with E-state index in [1.807, 2.05) is 24.3 Å². The van der Waals surface area contributed by atoms with E-state index in [9.17, 15) is 9.90 Å². The molecule has 1 atom stereocenters. The maximum atomic E-state index is 11.4. The van der Waals surface area contributed by atoms with Crippen LogP contribution in [0.2, 0.25) is 0 Å². The first-order chi connectivity index (χ1) is 10.6. The molecule has 4 heteroatoms. The lowest BCUT2D eigenvalue weighted by molar-refractivity contribution is -0.145. The molecule has 0 bridgehead atoms. The van der Waals surface area contributed by atoms with Crippen molar-refractivity contribution in [3.8, 4) is 11.5 Å². The lowest BCUT2D eigenvalue weighted by Gasteiger charge is -2.16. The van der Waals surface area contributed by atoms with Gasteiger partial charge in [0.1, 0.15) is 11.5 Å². The highest BCUT2D eigenvalue weighted by atomic mass is 16.5. The largest absolute Gasteiger partial charge is 0.497 e. The predicted octanol–water partition coefficient (Wildman–Crippen LogP) is 3.33. The van der Waals surface area contributed by atoms with E-state index in [0.717, 1.165) is 12.0 Å². The normalized spacial score (nSPS) is 11.7. The molecule has 116 valence electrons. The number of carboxylic acid groups (broad SMARTS) is 1. The minimum absolute atomic E-state index is 0.316. The highest BCUT2D eigenvalue weighted by Gasteiger charge is 2.20. The van der Waals surface area contributed by atoms with Crippen molar-refractivity contribution in [2.75, 3.05) is 7.11 Å². The van der Waals surface area contributed by atoms with Crippen LogP contribution in [-0.2, 0) is 17.6 Å². The maximum absolute atomic E-state index is 11.4. The van der Waals surface area contributed by atoms with Gasteiger partial charge in [-0.25, -0.2) is 4.79 Å². The standard InChI is InChI=1S/C18H20O4/c1-3-13-7-9-14(10-8-13)11-17(18(19)20)22-16-6-4-5-15(12-16)21-2/h4-10,12,17H,3,11H2,1-2H3,(H,19,20)/t17-/m0/s1. The third-order valence-corrected chi connectivity index (χ3v) is 3.45. The summed E-state index contributed by atoms with van der Waals surface area (Å²) in [5.74, 6) is 0.133. The van der Waals surface area contributed by atoms with E-state index in [-0.39, 0.29) is 0 Å². The molecule has 1 N–H and O–H groups in total. The summed E-state index contributed by atoms with van der Waals surface area (Å²) in [5.41, 5.74) is 2.16. The van der Waals surface area contributed by atoms with Crippen molar-refractivity contribution >= 4 is 5.97 Å². The Morgan fingerprint density at radius 2 is 1.73 bits per heavy atom. The zero-order valence-electron chi connectivity index (χ0n) is 12.8. The van der Waals surface area contributed by atoms with Crippen LogP contribution in [-0.4, -0.2) is 24.3 Å². The summed E-state index contributed by atoms with van der Waals surface area (Å²) in [4.78, 5) is 11.4. The molecule has 2 aromatic rings. The maximum Gasteiger partial charge on any atom is 0.345 e. The van der Waals surface area contributed by atoms with Crippen LogP contribution in [0.4, 0.5) is 0 Å². The van der Waals surface area contributed by atoms with Crippen LogP contribution < -0.4 is 9.47 Å². The van der Waals surface area contributed by atoms with Crippen molar-refractivity contribution in [2.45, 2.75) is 25.9 Å². The number of ether oxygens (including phenoxy) is 2. The van der Waals surface area contributed by atoms with Crippen molar-refractivity contribution in [2.24, 2.45) is 0 Å². The van der Waals surface area contributed by atoms with Gasteiger partial charge in [0.25, 0.3) is 0 Å². The second-order valence-electron chi connectivity index (χ2n) is 5.00. The average Bonchev–Trinajstić information content (AvgIpc) is 2.55. The van der Waals surface area contributed by atoms with Gasteiger partial charge in [0.15, 0.2) is 6.10 Å². The van der Waals surface area contributed by atoms with Crippen LogP contribution in [0.25, 0.3) is 0 Å². The Morgan fingerprint density at radius 1 is 1.09 bits per heavy atom. The summed E-state index contributed by atoms with van der Waals surface area (Å²) >= 11 is 0. The molecule has 0 saturated heterocycles. The zero-order valence-corrected chi connectivity index (χ0v) is 12.8. The average molecular weight is 300 g/mol.